The Labute approximate surface area is 88.2 Å². The summed E-state index contributed by atoms with van der Waals surface area (Å²) in [6.45, 7) is 2.59. The smallest absolute Gasteiger partial charge is 0.0172 e. The van der Waals surface area contributed by atoms with Crippen LogP contribution in [0.5, 0.6) is 0 Å². The van der Waals surface area contributed by atoms with Crippen LogP contribution in [0.15, 0.2) is 12.3 Å². The van der Waals surface area contributed by atoms with Gasteiger partial charge in [0.25, 0.3) is 0 Å². The lowest BCUT2D eigenvalue weighted by atomic mass is 9.89. The van der Waals surface area contributed by atoms with Crippen molar-refractivity contribution in [3.8, 4) is 0 Å². The van der Waals surface area contributed by atoms with Gasteiger partial charge in [0, 0.05) is 13.1 Å². The molecule has 1 nitrogen and oxygen atoms in total. The maximum absolute atomic E-state index is 2.51. The van der Waals surface area contributed by atoms with Crippen molar-refractivity contribution in [1.29, 1.82) is 0 Å². The van der Waals surface area contributed by atoms with E-state index in [0.29, 0.717) is 0 Å². The van der Waals surface area contributed by atoms with Crippen molar-refractivity contribution < 1.29 is 0 Å². The fourth-order valence-corrected chi connectivity index (χ4v) is 2.64. The third-order valence-electron chi connectivity index (χ3n) is 3.61. The Morgan fingerprint density at radius 2 is 1.43 bits per heavy atom. The summed E-state index contributed by atoms with van der Waals surface area (Å²) in [5.41, 5.74) is 0. The molecule has 0 unspecified atom stereocenters. The summed E-state index contributed by atoms with van der Waals surface area (Å²) in [7, 11) is 0. The van der Waals surface area contributed by atoms with Gasteiger partial charge in [-0.05, 0) is 44.2 Å². The number of hydrogen-bond acceptors (Lipinski definition) is 1. The van der Waals surface area contributed by atoms with E-state index in [2.05, 4.69) is 17.2 Å². The number of rotatable bonds is 2. The van der Waals surface area contributed by atoms with E-state index in [0.717, 1.165) is 5.92 Å². The summed E-state index contributed by atoms with van der Waals surface area (Å²) in [4.78, 5) is 2.51. The first kappa shape index (κ1) is 10.1. The lowest BCUT2D eigenvalue weighted by molar-refractivity contribution is 0.305. The molecule has 0 radical (unpaired) electrons. The summed E-state index contributed by atoms with van der Waals surface area (Å²) < 4.78 is 0. The summed E-state index contributed by atoms with van der Waals surface area (Å²) in [5.74, 6) is 0.894. The molecule has 2 rings (SSSR count). The Morgan fingerprint density at radius 1 is 0.786 bits per heavy atom. The number of piperidine rings is 1. The van der Waals surface area contributed by atoms with Crippen LogP contribution in [0.4, 0.5) is 0 Å². The molecule has 1 saturated carbocycles. The first-order valence-corrected chi connectivity index (χ1v) is 6.37. The lowest BCUT2D eigenvalue weighted by Crippen LogP contribution is -2.24. The van der Waals surface area contributed by atoms with Crippen LogP contribution in [0.25, 0.3) is 0 Å². The number of likely N-dealkylation sites (tertiary alicyclic amines) is 1. The molecule has 1 saturated heterocycles. The van der Waals surface area contributed by atoms with E-state index in [1.165, 1.54) is 64.5 Å². The number of nitrogens with zero attached hydrogens (tertiary/aromatic N) is 1. The maximum Gasteiger partial charge on any atom is 0.0172 e. The fraction of sp³-hybridized carbons (Fsp3) is 0.846. The van der Waals surface area contributed by atoms with Crippen LogP contribution in [0.3, 0.4) is 0 Å². The Hall–Kier alpha value is -0.460. The van der Waals surface area contributed by atoms with Crippen LogP contribution in [0.1, 0.15) is 51.4 Å². The number of allylic oxidation sites excluding steroid dienone is 1. The lowest BCUT2D eigenvalue weighted by Gasteiger charge is -2.26. The molecule has 14 heavy (non-hydrogen) atoms. The predicted molar refractivity (Wildman–Crippen MR) is 61.1 cm³/mol. The largest absolute Gasteiger partial charge is 0.378 e. The van der Waals surface area contributed by atoms with Gasteiger partial charge in [-0.15, -0.1) is 0 Å². The highest BCUT2D eigenvalue weighted by atomic mass is 15.1. The molecule has 1 aliphatic heterocycles. The van der Waals surface area contributed by atoms with Crippen molar-refractivity contribution in [1.82, 2.24) is 4.90 Å². The summed E-state index contributed by atoms with van der Waals surface area (Å²) in [5, 5.41) is 0. The van der Waals surface area contributed by atoms with Gasteiger partial charge in [-0.3, -0.25) is 0 Å². The van der Waals surface area contributed by atoms with Crippen molar-refractivity contribution in [2.24, 2.45) is 5.92 Å². The molecule has 0 atom stereocenters. The van der Waals surface area contributed by atoms with Gasteiger partial charge in [0.05, 0.1) is 0 Å². The van der Waals surface area contributed by atoms with Crippen molar-refractivity contribution in [2.45, 2.75) is 51.4 Å². The first-order valence-electron chi connectivity index (χ1n) is 6.37. The summed E-state index contributed by atoms with van der Waals surface area (Å²) in [6, 6.07) is 0. The second kappa shape index (κ2) is 5.43. The highest BCUT2D eigenvalue weighted by molar-refractivity contribution is 4.90. The molecule has 0 aromatic heterocycles. The molecule has 0 aromatic carbocycles. The molecule has 1 heterocycles. The minimum Gasteiger partial charge on any atom is -0.378 e. The molecule has 2 fully saturated rings. The topological polar surface area (TPSA) is 3.24 Å². The molecule has 0 N–H and O–H groups in total. The minimum absolute atomic E-state index is 0.894. The summed E-state index contributed by atoms with van der Waals surface area (Å²) in [6.07, 6.45) is 16.3. The fourth-order valence-electron chi connectivity index (χ4n) is 2.64. The molecular weight excluding hydrogens is 170 g/mol. The molecular formula is C13H23N. The monoisotopic (exact) mass is 193 g/mol. The van der Waals surface area contributed by atoms with E-state index in [-0.39, 0.29) is 0 Å². The van der Waals surface area contributed by atoms with E-state index in [1.54, 1.807) is 0 Å². The van der Waals surface area contributed by atoms with Crippen molar-refractivity contribution in [2.75, 3.05) is 13.1 Å². The standard InChI is InChI=1S/C13H23N/c1-3-7-13(8-4-1)9-12-14-10-5-2-6-11-14/h9,12-13H,1-8,10-11H2. The minimum atomic E-state index is 0.894. The Balaban J connectivity index is 1.73. The zero-order chi connectivity index (χ0) is 9.64. The molecule has 0 aromatic rings. The Kier molecular flexibility index (Phi) is 3.90. The average molecular weight is 193 g/mol. The molecule has 0 amide bonds. The maximum atomic E-state index is 2.51. The quantitative estimate of drug-likeness (QED) is 0.648. The zero-order valence-corrected chi connectivity index (χ0v) is 9.25. The van der Waals surface area contributed by atoms with E-state index in [1.807, 2.05) is 0 Å². The van der Waals surface area contributed by atoms with E-state index in [9.17, 15) is 0 Å². The third-order valence-corrected chi connectivity index (χ3v) is 3.61. The average Bonchev–Trinajstić information content (AvgIpc) is 2.29. The van der Waals surface area contributed by atoms with Crippen molar-refractivity contribution in [3.05, 3.63) is 12.3 Å². The SMILES string of the molecule is C(=CN1CCCCC1)C1CCCCC1. The van der Waals surface area contributed by atoms with Crippen LogP contribution in [0, 0.1) is 5.92 Å². The van der Waals surface area contributed by atoms with Gasteiger partial charge in [0.2, 0.25) is 0 Å². The third kappa shape index (κ3) is 3.04. The van der Waals surface area contributed by atoms with Crippen molar-refractivity contribution >= 4 is 0 Å². The molecule has 1 heteroatoms. The van der Waals surface area contributed by atoms with E-state index in [4.69, 9.17) is 0 Å². The van der Waals surface area contributed by atoms with Crippen LogP contribution in [-0.2, 0) is 0 Å². The van der Waals surface area contributed by atoms with Crippen LogP contribution < -0.4 is 0 Å². The highest BCUT2D eigenvalue weighted by Gasteiger charge is 2.11. The zero-order valence-electron chi connectivity index (χ0n) is 9.25. The van der Waals surface area contributed by atoms with Crippen LogP contribution in [0.2, 0.25) is 0 Å². The Bertz CT molecular complexity index is 154. The van der Waals surface area contributed by atoms with E-state index < -0.39 is 0 Å². The molecule has 2 aliphatic rings. The summed E-state index contributed by atoms with van der Waals surface area (Å²) >= 11 is 0. The van der Waals surface area contributed by atoms with Crippen molar-refractivity contribution in [3.63, 3.8) is 0 Å². The first-order chi connectivity index (χ1) is 6.95. The predicted octanol–water partition coefficient (Wildman–Crippen LogP) is 3.57. The van der Waals surface area contributed by atoms with Gasteiger partial charge in [0.1, 0.15) is 0 Å². The second-order valence-corrected chi connectivity index (χ2v) is 4.84. The number of hydrogen-bond donors (Lipinski definition) is 0. The van der Waals surface area contributed by atoms with Gasteiger partial charge in [-0.25, -0.2) is 0 Å². The molecule has 0 bridgehead atoms. The molecule has 0 spiro atoms. The van der Waals surface area contributed by atoms with Gasteiger partial charge in [0.15, 0.2) is 0 Å². The van der Waals surface area contributed by atoms with Gasteiger partial charge < -0.3 is 4.90 Å². The molecule has 80 valence electrons. The highest BCUT2D eigenvalue weighted by Crippen LogP contribution is 2.24. The van der Waals surface area contributed by atoms with E-state index >= 15 is 0 Å². The van der Waals surface area contributed by atoms with Gasteiger partial charge in [-0.1, -0.05) is 25.3 Å². The van der Waals surface area contributed by atoms with Crippen LogP contribution in [-0.4, -0.2) is 18.0 Å². The Morgan fingerprint density at radius 3 is 2.14 bits per heavy atom. The van der Waals surface area contributed by atoms with Crippen LogP contribution >= 0.6 is 0 Å². The van der Waals surface area contributed by atoms with Gasteiger partial charge in [-0.2, -0.15) is 0 Å². The van der Waals surface area contributed by atoms with Gasteiger partial charge >= 0.3 is 0 Å². The normalized spacial score (nSPS) is 25.9. The second-order valence-electron chi connectivity index (χ2n) is 4.84. The molecule has 1 aliphatic carbocycles.